The fourth-order valence-corrected chi connectivity index (χ4v) is 3.41. The molecule has 0 aliphatic carbocycles. The molecule has 1 amide bonds. The first-order valence-corrected chi connectivity index (χ1v) is 8.09. The Morgan fingerprint density at radius 3 is 2.90 bits per heavy atom. The van der Waals surface area contributed by atoms with Crippen LogP contribution in [0.25, 0.3) is 0 Å². The average molecular weight is 443 g/mol. The number of anilines is 2. The van der Waals surface area contributed by atoms with Crippen molar-refractivity contribution in [2.45, 2.75) is 6.42 Å². The van der Waals surface area contributed by atoms with Crippen LogP contribution in [0, 0.1) is 3.57 Å². The predicted octanol–water partition coefficient (Wildman–Crippen LogP) is 3.84. The molecule has 2 aromatic carbocycles. The third-order valence-corrected chi connectivity index (χ3v) is 4.90. The van der Waals surface area contributed by atoms with E-state index in [0.717, 1.165) is 37.0 Å². The van der Waals surface area contributed by atoms with Crippen molar-refractivity contribution < 1.29 is 4.79 Å². The molecule has 2 aromatic rings. The van der Waals surface area contributed by atoms with Gasteiger partial charge < -0.3 is 10.6 Å². The number of carbonyl (C=O) groups is 1. The maximum atomic E-state index is 12.8. The number of halogens is 2. The first-order chi connectivity index (χ1) is 9.58. The molecule has 3 nitrogen and oxygen atoms in total. The van der Waals surface area contributed by atoms with Crippen LogP contribution < -0.4 is 10.6 Å². The molecule has 0 radical (unpaired) electrons. The van der Waals surface area contributed by atoms with Crippen molar-refractivity contribution in [3.05, 3.63) is 55.6 Å². The zero-order valence-electron chi connectivity index (χ0n) is 10.6. The predicted molar refractivity (Wildman–Crippen MR) is 93.1 cm³/mol. The highest BCUT2D eigenvalue weighted by atomic mass is 127. The van der Waals surface area contributed by atoms with Gasteiger partial charge >= 0.3 is 0 Å². The number of carbonyl (C=O) groups excluding carboxylic acids is 1. The minimum atomic E-state index is 0.0278. The van der Waals surface area contributed by atoms with Crippen LogP contribution in [-0.4, -0.2) is 12.5 Å². The highest BCUT2D eigenvalue weighted by Crippen LogP contribution is 2.33. The van der Waals surface area contributed by atoms with Gasteiger partial charge in [0.2, 0.25) is 0 Å². The maximum absolute atomic E-state index is 12.8. The lowest BCUT2D eigenvalue weighted by Crippen LogP contribution is -2.29. The highest BCUT2D eigenvalue weighted by molar-refractivity contribution is 14.1. The number of nitrogen functional groups attached to an aromatic ring is 1. The summed E-state index contributed by atoms with van der Waals surface area (Å²) in [4.78, 5) is 14.6. The molecular formula is C15H12BrIN2O. The number of nitrogens with two attached hydrogens (primary N) is 1. The Morgan fingerprint density at radius 2 is 2.10 bits per heavy atom. The number of nitrogens with zero attached hydrogens (tertiary/aromatic N) is 1. The molecule has 0 aromatic heterocycles. The van der Waals surface area contributed by atoms with Gasteiger partial charge in [-0.15, -0.1) is 0 Å². The third-order valence-electron chi connectivity index (χ3n) is 3.47. The van der Waals surface area contributed by atoms with Gasteiger partial charge in [0.25, 0.3) is 5.91 Å². The molecule has 0 saturated heterocycles. The summed E-state index contributed by atoms with van der Waals surface area (Å²) in [6, 6.07) is 11.5. The van der Waals surface area contributed by atoms with Crippen molar-refractivity contribution in [2.75, 3.05) is 17.2 Å². The van der Waals surface area contributed by atoms with Crippen molar-refractivity contribution in [3.63, 3.8) is 0 Å². The molecule has 20 heavy (non-hydrogen) atoms. The van der Waals surface area contributed by atoms with Crippen LogP contribution in [0.3, 0.4) is 0 Å². The van der Waals surface area contributed by atoms with Crippen molar-refractivity contribution in [1.82, 2.24) is 0 Å². The summed E-state index contributed by atoms with van der Waals surface area (Å²) < 4.78 is 1.86. The van der Waals surface area contributed by atoms with Crippen LogP contribution in [0.5, 0.6) is 0 Å². The number of hydrogen-bond donors (Lipinski definition) is 1. The topological polar surface area (TPSA) is 46.3 Å². The van der Waals surface area contributed by atoms with Gasteiger partial charge in [0, 0.05) is 31.5 Å². The smallest absolute Gasteiger partial charge is 0.259 e. The Kier molecular flexibility index (Phi) is 3.72. The van der Waals surface area contributed by atoms with Crippen molar-refractivity contribution in [2.24, 2.45) is 0 Å². The second-order valence-corrected chi connectivity index (χ2v) is 6.75. The van der Waals surface area contributed by atoms with Crippen LogP contribution in [0.4, 0.5) is 11.4 Å². The summed E-state index contributed by atoms with van der Waals surface area (Å²) >= 11 is 5.61. The molecule has 0 spiro atoms. The first kappa shape index (κ1) is 13.9. The van der Waals surface area contributed by atoms with E-state index in [1.165, 1.54) is 0 Å². The molecule has 0 bridgehead atoms. The fraction of sp³-hybridized carbons (Fsp3) is 0.133. The lowest BCUT2D eigenvalue weighted by molar-refractivity contribution is 0.0988. The second kappa shape index (κ2) is 5.37. The van der Waals surface area contributed by atoms with Gasteiger partial charge in [-0.25, -0.2) is 0 Å². The van der Waals surface area contributed by atoms with E-state index in [0.29, 0.717) is 6.54 Å². The van der Waals surface area contributed by atoms with Crippen LogP contribution in [0.1, 0.15) is 15.9 Å². The Hall–Kier alpha value is -1.08. The summed E-state index contributed by atoms with van der Waals surface area (Å²) in [5.74, 6) is 0.0278. The summed E-state index contributed by atoms with van der Waals surface area (Å²) in [7, 11) is 0. The Balaban J connectivity index is 2.02. The van der Waals surface area contributed by atoms with E-state index in [9.17, 15) is 4.79 Å². The lowest BCUT2D eigenvalue weighted by Gasteiger charge is -2.18. The molecule has 1 aliphatic heterocycles. The summed E-state index contributed by atoms with van der Waals surface area (Å²) in [5, 5.41) is 0. The standard InChI is InChI=1S/C15H12BrIN2O/c16-9-4-5-12(17)11(8-9)15(20)19-7-6-10-13(18)2-1-3-14(10)19/h1-5,8H,6-7,18H2. The molecule has 2 N–H and O–H groups in total. The molecule has 102 valence electrons. The first-order valence-electron chi connectivity index (χ1n) is 6.22. The van der Waals surface area contributed by atoms with Crippen molar-refractivity contribution in [3.8, 4) is 0 Å². The largest absolute Gasteiger partial charge is 0.398 e. The van der Waals surface area contributed by atoms with E-state index in [1.807, 2.05) is 41.3 Å². The lowest BCUT2D eigenvalue weighted by atomic mass is 10.1. The SMILES string of the molecule is Nc1cccc2c1CCN2C(=O)c1cc(Br)ccc1I. The zero-order valence-corrected chi connectivity index (χ0v) is 14.3. The van der Waals surface area contributed by atoms with E-state index in [1.54, 1.807) is 0 Å². The highest BCUT2D eigenvalue weighted by Gasteiger charge is 2.27. The van der Waals surface area contributed by atoms with Crippen LogP contribution in [0.15, 0.2) is 40.9 Å². The van der Waals surface area contributed by atoms with Crippen LogP contribution >= 0.6 is 38.5 Å². The van der Waals surface area contributed by atoms with E-state index in [2.05, 4.69) is 38.5 Å². The number of rotatable bonds is 1. The molecule has 1 aliphatic rings. The molecule has 3 rings (SSSR count). The number of benzene rings is 2. The molecule has 0 unspecified atom stereocenters. The second-order valence-electron chi connectivity index (χ2n) is 4.68. The van der Waals surface area contributed by atoms with Gasteiger partial charge in [0.05, 0.1) is 5.56 Å². The summed E-state index contributed by atoms with van der Waals surface area (Å²) in [6.07, 6.45) is 0.818. The number of hydrogen-bond acceptors (Lipinski definition) is 2. The summed E-state index contributed by atoms with van der Waals surface area (Å²) in [6.45, 7) is 0.685. The minimum Gasteiger partial charge on any atom is -0.398 e. The van der Waals surface area contributed by atoms with E-state index >= 15 is 0 Å². The monoisotopic (exact) mass is 442 g/mol. The maximum Gasteiger partial charge on any atom is 0.259 e. The third kappa shape index (κ3) is 2.33. The van der Waals surface area contributed by atoms with Gasteiger partial charge in [-0.05, 0) is 59.3 Å². The van der Waals surface area contributed by atoms with Crippen molar-refractivity contribution >= 4 is 55.8 Å². The number of amides is 1. The van der Waals surface area contributed by atoms with Gasteiger partial charge in [0.15, 0.2) is 0 Å². The fourth-order valence-electron chi connectivity index (χ4n) is 2.48. The minimum absolute atomic E-state index is 0.0278. The molecule has 0 fully saturated rings. The van der Waals surface area contributed by atoms with E-state index in [4.69, 9.17) is 5.73 Å². The van der Waals surface area contributed by atoms with Gasteiger partial charge in [-0.2, -0.15) is 0 Å². The number of fused-ring (bicyclic) bond motifs is 1. The van der Waals surface area contributed by atoms with E-state index < -0.39 is 0 Å². The van der Waals surface area contributed by atoms with Gasteiger partial charge in [0.1, 0.15) is 0 Å². The van der Waals surface area contributed by atoms with Crippen LogP contribution in [-0.2, 0) is 6.42 Å². The normalized spacial score (nSPS) is 13.4. The zero-order chi connectivity index (χ0) is 14.3. The van der Waals surface area contributed by atoms with E-state index in [-0.39, 0.29) is 5.91 Å². The molecule has 1 heterocycles. The Bertz CT molecular complexity index is 702. The van der Waals surface area contributed by atoms with Crippen LogP contribution in [0.2, 0.25) is 0 Å². The van der Waals surface area contributed by atoms with Gasteiger partial charge in [-0.1, -0.05) is 22.0 Å². The summed E-state index contributed by atoms with van der Waals surface area (Å²) in [5.41, 5.74) is 9.47. The Morgan fingerprint density at radius 1 is 1.30 bits per heavy atom. The molecule has 0 saturated carbocycles. The molecular weight excluding hydrogens is 431 g/mol. The van der Waals surface area contributed by atoms with Gasteiger partial charge in [-0.3, -0.25) is 4.79 Å². The molecule has 0 atom stereocenters. The quantitative estimate of drug-likeness (QED) is 0.538. The molecule has 5 heteroatoms. The average Bonchev–Trinajstić information content (AvgIpc) is 2.86. The Labute approximate surface area is 139 Å². The van der Waals surface area contributed by atoms with Crippen molar-refractivity contribution in [1.29, 1.82) is 0 Å².